The van der Waals surface area contributed by atoms with Crippen LogP contribution in [0.3, 0.4) is 0 Å². The summed E-state index contributed by atoms with van der Waals surface area (Å²) < 4.78 is 54.0. The van der Waals surface area contributed by atoms with Crippen LogP contribution in [0.25, 0.3) is 10.6 Å². The van der Waals surface area contributed by atoms with Gasteiger partial charge in [-0.3, -0.25) is 9.59 Å². The van der Waals surface area contributed by atoms with E-state index in [2.05, 4.69) is 15.6 Å². The fourth-order valence-electron chi connectivity index (χ4n) is 3.49. The molecule has 13 heteroatoms. The second-order valence-electron chi connectivity index (χ2n) is 7.97. The molecular weight excluding hydrogens is 560 g/mol. The number of nitrogens with zero attached hydrogens (tertiary/aromatic N) is 2. The number of rotatable bonds is 6. The van der Waals surface area contributed by atoms with Crippen molar-refractivity contribution in [1.29, 1.82) is 5.26 Å². The van der Waals surface area contributed by atoms with Crippen molar-refractivity contribution in [3.05, 3.63) is 99.5 Å². The summed E-state index contributed by atoms with van der Waals surface area (Å²) in [7, 11) is 0. The van der Waals surface area contributed by atoms with E-state index in [1.807, 2.05) is 6.07 Å². The number of carbonyl (C=O) groups excluding carboxylic acids is 2. The molecule has 2 amide bonds. The maximum atomic E-state index is 13.9. The van der Waals surface area contributed by atoms with Gasteiger partial charge in [0.25, 0.3) is 11.8 Å². The molecule has 0 saturated carbocycles. The van der Waals surface area contributed by atoms with Gasteiger partial charge in [0.15, 0.2) is 17.3 Å². The molecule has 3 aromatic carbocycles. The molecule has 0 aliphatic rings. The quantitative estimate of drug-likeness (QED) is 0.231. The first-order valence-electron chi connectivity index (χ1n) is 10.9. The fourth-order valence-corrected chi connectivity index (χ4v) is 4.65. The number of alkyl halides is 3. The molecule has 0 radical (unpaired) electrons. The summed E-state index contributed by atoms with van der Waals surface area (Å²) in [5.74, 6) is -3.78. The van der Waals surface area contributed by atoms with Crippen LogP contribution in [0.1, 0.15) is 37.5 Å². The smallest absolute Gasteiger partial charge is 0.416 e. The first-order valence-corrected chi connectivity index (χ1v) is 12.1. The van der Waals surface area contributed by atoms with E-state index in [0.717, 1.165) is 29.5 Å². The van der Waals surface area contributed by atoms with Crippen molar-refractivity contribution in [1.82, 2.24) is 10.3 Å². The fraction of sp³-hybridized carbons (Fsp3) is 0.0769. The summed E-state index contributed by atoms with van der Waals surface area (Å²) >= 11 is 6.61. The molecule has 0 fully saturated rings. The molecule has 4 rings (SSSR count). The van der Waals surface area contributed by atoms with Crippen molar-refractivity contribution in [2.24, 2.45) is 0 Å². The number of anilines is 1. The molecule has 0 saturated heterocycles. The van der Waals surface area contributed by atoms with Crippen LogP contribution in [0.15, 0.2) is 60.7 Å². The Morgan fingerprint density at radius 3 is 2.51 bits per heavy atom. The average Bonchev–Trinajstić information content (AvgIpc) is 3.33. The van der Waals surface area contributed by atoms with Crippen LogP contribution in [0.5, 0.6) is 5.75 Å². The Labute approximate surface area is 227 Å². The Kier molecular flexibility index (Phi) is 7.85. The van der Waals surface area contributed by atoms with Crippen molar-refractivity contribution in [2.45, 2.75) is 12.7 Å². The Bertz CT molecular complexity index is 1610. The summed E-state index contributed by atoms with van der Waals surface area (Å²) in [6.45, 7) is -0.489. The molecule has 0 aliphatic carbocycles. The van der Waals surface area contributed by atoms with Crippen LogP contribution >= 0.6 is 22.9 Å². The first-order chi connectivity index (χ1) is 18.5. The van der Waals surface area contributed by atoms with Gasteiger partial charge in [-0.15, -0.1) is 0 Å². The largest absolute Gasteiger partial charge is 0.504 e. The van der Waals surface area contributed by atoms with Crippen LogP contribution in [-0.4, -0.2) is 21.9 Å². The number of aromatic hydroxyl groups is 1. The highest BCUT2D eigenvalue weighted by Gasteiger charge is 2.33. The zero-order valence-corrected chi connectivity index (χ0v) is 21.0. The Hall–Kier alpha value is -4.47. The molecule has 0 atom stereocenters. The lowest BCUT2D eigenvalue weighted by Crippen LogP contribution is -2.26. The van der Waals surface area contributed by atoms with Crippen LogP contribution in [-0.2, 0) is 12.7 Å². The molecule has 4 aromatic rings. The van der Waals surface area contributed by atoms with Gasteiger partial charge in [-0.05, 0) is 35.9 Å². The number of hydrogen-bond donors (Lipinski definition) is 3. The number of amides is 2. The van der Waals surface area contributed by atoms with E-state index in [4.69, 9.17) is 11.6 Å². The number of benzene rings is 3. The van der Waals surface area contributed by atoms with Crippen LogP contribution in [0, 0.1) is 17.1 Å². The van der Waals surface area contributed by atoms with Gasteiger partial charge in [-0.1, -0.05) is 53.3 Å². The normalized spacial score (nSPS) is 11.1. The summed E-state index contributed by atoms with van der Waals surface area (Å²) in [6.07, 6.45) is -4.64. The van der Waals surface area contributed by atoms with Gasteiger partial charge in [0.05, 0.1) is 22.2 Å². The van der Waals surface area contributed by atoms with E-state index in [1.54, 1.807) is 18.2 Å². The Morgan fingerprint density at radius 1 is 1.08 bits per heavy atom. The van der Waals surface area contributed by atoms with Crippen molar-refractivity contribution < 1.29 is 32.3 Å². The van der Waals surface area contributed by atoms with E-state index in [1.165, 1.54) is 24.3 Å². The van der Waals surface area contributed by atoms with E-state index in [9.17, 15) is 37.5 Å². The molecule has 0 unspecified atom stereocenters. The highest BCUT2D eigenvalue weighted by molar-refractivity contribution is 7.19. The van der Waals surface area contributed by atoms with Crippen molar-refractivity contribution in [3.63, 3.8) is 0 Å². The summed E-state index contributed by atoms with van der Waals surface area (Å²) in [6, 6.07) is 14.7. The summed E-state index contributed by atoms with van der Waals surface area (Å²) in [4.78, 5) is 30.2. The number of nitriles is 1. The molecular formula is C26H15ClF4N4O3S. The third-order valence-electron chi connectivity index (χ3n) is 5.35. The maximum Gasteiger partial charge on any atom is 0.416 e. The Morgan fingerprint density at radius 2 is 1.82 bits per heavy atom. The van der Waals surface area contributed by atoms with Gasteiger partial charge >= 0.3 is 6.18 Å². The van der Waals surface area contributed by atoms with Gasteiger partial charge in [0, 0.05) is 17.7 Å². The highest BCUT2D eigenvalue weighted by atomic mass is 35.5. The second-order valence-corrected chi connectivity index (χ2v) is 9.38. The molecule has 1 aromatic heterocycles. The SMILES string of the molecule is N#Cc1cccc(-c2nc(C(=O)NCc3ccccc3C(F)(F)F)c(NC(=O)c3cc(F)c(O)c(Cl)c3)s2)c1. The van der Waals surface area contributed by atoms with E-state index < -0.39 is 46.7 Å². The average molecular weight is 575 g/mol. The van der Waals surface area contributed by atoms with Crippen molar-refractivity contribution >= 4 is 39.8 Å². The molecule has 39 heavy (non-hydrogen) atoms. The second kappa shape index (κ2) is 11.1. The highest BCUT2D eigenvalue weighted by Crippen LogP contribution is 2.35. The summed E-state index contributed by atoms with van der Waals surface area (Å²) in [5.41, 5.74) is -0.956. The van der Waals surface area contributed by atoms with E-state index in [0.29, 0.717) is 11.1 Å². The number of phenols is 1. The van der Waals surface area contributed by atoms with Crippen LogP contribution in [0.2, 0.25) is 5.02 Å². The van der Waals surface area contributed by atoms with Crippen LogP contribution < -0.4 is 10.6 Å². The van der Waals surface area contributed by atoms with Crippen molar-refractivity contribution in [2.75, 3.05) is 5.32 Å². The van der Waals surface area contributed by atoms with E-state index in [-0.39, 0.29) is 26.8 Å². The monoisotopic (exact) mass is 574 g/mol. The van der Waals surface area contributed by atoms with Gasteiger partial charge in [0.1, 0.15) is 10.0 Å². The van der Waals surface area contributed by atoms with Crippen LogP contribution in [0.4, 0.5) is 22.6 Å². The standard InChI is InChI=1S/C26H15ClF4N4O3S/c27-18-9-16(10-19(28)21(18)36)22(37)35-25-20(34-24(39-25)14-6-3-4-13(8-14)11-32)23(38)33-12-15-5-1-2-7-17(15)26(29,30)31/h1-10,36H,12H2,(H,33,38)(H,35,37). The minimum Gasteiger partial charge on any atom is -0.504 e. The summed E-state index contributed by atoms with van der Waals surface area (Å²) in [5, 5.41) is 23.2. The molecule has 3 N–H and O–H groups in total. The predicted octanol–water partition coefficient (Wildman–Crippen LogP) is 6.38. The van der Waals surface area contributed by atoms with Gasteiger partial charge in [0.2, 0.25) is 0 Å². The number of thiazole rings is 1. The zero-order chi connectivity index (χ0) is 28.3. The number of halogens is 5. The molecule has 198 valence electrons. The lowest BCUT2D eigenvalue weighted by Gasteiger charge is -2.13. The molecule has 0 bridgehead atoms. The number of aromatic nitrogens is 1. The third kappa shape index (κ3) is 6.17. The lowest BCUT2D eigenvalue weighted by molar-refractivity contribution is -0.138. The number of nitrogens with one attached hydrogen (secondary N) is 2. The zero-order valence-electron chi connectivity index (χ0n) is 19.4. The van der Waals surface area contributed by atoms with E-state index >= 15 is 0 Å². The minimum absolute atomic E-state index is 0.0939. The van der Waals surface area contributed by atoms with Crippen molar-refractivity contribution in [3.8, 4) is 22.4 Å². The third-order valence-corrected chi connectivity index (χ3v) is 6.66. The number of phenolic OH excluding ortho intramolecular Hbond substituents is 1. The number of carbonyl (C=O) groups is 2. The Balaban J connectivity index is 1.68. The molecule has 0 aliphatic heterocycles. The first kappa shape index (κ1) is 27.6. The van der Waals surface area contributed by atoms with Gasteiger partial charge in [-0.2, -0.15) is 18.4 Å². The van der Waals surface area contributed by atoms with Gasteiger partial charge < -0.3 is 15.7 Å². The predicted molar refractivity (Wildman–Crippen MR) is 136 cm³/mol. The molecule has 7 nitrogen and oxygen atoms in total. The topological polar surface area (TPSA) is 115 Å². The molecule has 1 heterocycles. The minimum atomic E-state index is -4.64. The maximum absolute atomic E-state index is 13.9. The van der Waals surface area contributed by atoms with Gasteiger partial charge in [-0.25, -0.2) is 9.37 Å². The molecule has 0 spiro atoms. The lowest BCUT2D eigenvalue weighted by atomic mass is 10.1. The number of hydrogen-bond acceptors (Lipinski definition) is 6.